The van der Waals surface area contributed by atoms with Crippen LogP contribution in [0.3, 0.4) is 0 Å². The molecule has 22 heterocycles. The van der Waals surface area contributed by atoms with E-state index in [-0.39, 0.29) is 26.2 Å². The molecule has 22 aliphatic rings. The van der Waals surface area contributed by atoms with Crippen LogP contribution >= 0.6 is 0 Å². The minimum atomic E-state index is -2.14. The molecule has 73 heavy (non-hydrogen) atoms. The van der Waals surface area contributed by atoms with Crippen molar-refractivity contribution in [2.24, 2.45) is 0 Å². The van der Waals surface area contributed by atoms with Crippen LogP contribution in [0.15, 0.2) is 0 Å². The normalized spacial score (nSPS) is 51.2. The average molecular weight is 1070 g/mol. The Hall–Kier alpha value is -1.24. The molecule has 31 nitrogen and oxygen atoms in total. The fourth-order valence-corrected chi connectivity index (χ4v) is 9.82. The summed E-state index contributed by atoms with van der Waals surface area (Å²) < 4.78 is 82.3. The number of ether oxygens (including phenoxy) is 14. The van der Waals surface area contributed by atoms with Crippen LogP contribution in [0.5, 0.6) is 0 Å². The van der Waals surface area contributed by atoms with Gasteiger partial charge in [0.25, 0.3) is 0 Å². The molecule has 30 atom stereocenters. The van der Waals surface area contributed by atoms with E-state index < -0.39 is 224 Å². The highest BCUT2D eigenvalue weighted by atomic mass is 16.8. The van der Waals surface area contributed by atoms with Crippen molar-refractivity contribution < 1.29 is 153 Å². The van der Waals surface area contributed by atoms with Crippen LogP contribution in [0.1, 0.15) is 19.8 Å². The van der Waals surface area contributed by atoms with Crippen molar-refractivity contribution in [3.63, 3.8) is 0 Å². The SMILES string of the molecule is CCCO[C@@H]1[C@@H](O)[C@H]2O[C@H]3[C@H](O)[C@@H](O)[C@@H](O[C@H]4[C@H](O)[C@@H](O)[C@@H](O[C@H]5[C@H](O)[C@@H](O)[C@@H](O[C@H]6[C@H](O)[C@@H](O)[C@@H](O[C@@H]7[C@H](OCCCO)[C@@H](O)[C@@H](O[C@H]1[C@@H](CO)O2)O[C@@H]7CO)O[C@@H]6CO)O[C@@H]5CO)O[C@@H]4CO)O[C@@H]3CO. The van der Waals surface area contributed by atoms with E-state index >= 15 is 0 Å². The van der Waals surface area contributed by atoms with E-state index in [2.05, 4.69) is 0 Å². The Morgan fingerprint density at radius 2 is 0.521 bits per heavy atom. The maximum atomic E-state index is 11.9. The Kier molecular flexibility index (Phi) is 21.7. The van der Waals surface area contributed by atoms with Crippen LogP contribution in [0.4, 0.5) is 0 Å². The smallest absolute Gasteiger partial charge is 0.187 e. The molecule has 0 aromatic rings. The number of aliphatic hydroxyl groups excluding tert-OH is 17. The second kappa shape index (κ2) is 26.6. The molecule has 426 valence electrons. The van der Waals surface area contributed by atoms with E-state index in [9.17, 15) is 86.8 Å². The van der Waals surface area contributed by atoms with E-state index in [1.807, 2.05) is 0 Å². The van der Waals surface area contributed by atoms with Crippen molar-refractivity contribution in [2.75, 3.05) is 59.5 Å². The van der Waals surface area contributed by atoms with Gasteiger partial charge in [0, 0.05) is 19.8 Å². The van der Waals surface area contributed by atoms with Gasteiger partial charge >= 0.3 is 0 Å². The van der Waals surface area contributed by atoms with Crippen molar-refractivity contribution in [3.8, 4) is 0 Å². The summed E-state index contributed by atoms with van der Waals surface area (Å²) in [7, 11) is 0. The molecule has 0 saturated carbocycles. The topological polar surface area (TPSA) is 473 Å². The lowest BCUT2D eigenvalue weighted by molar-refractivity contribution is -0.405. The highest BCUT2D eigenvalue weighted by Gasteiger charge is 2.59. The molecule has 22 fully saturated rings. The van der Waals surface area contributed by atoms with Gasteiger partial charge in [-0.2, -0.15) is 0 Å². The maximum Gasteiger partial charge on any atom is 0.187 e. The van der Waals surface area contributed by atoms with Crippen LogP contribution < -0.4 is 0 Å². The van der Waals surface area contributed by atoms with E-state index in [1.165, 1.54) is 0 Å². The van der Waals surface area contributed by atoms with Crippen molar-refractivity contribution in [3.05, 3.63) is 0 Å². The number of hydrogen-bond donors (Lipinski definition) is 17. The lowest BCUT2D eigenvalue weighted by Crippen LogP contribution is -2.69. The van der Waals surface area contributed by atoms with E-state index in [0.29, 0.717) is 6.42 Å². The van der Waals surface area contributed by atoms with Gasteiger partial charge in [-0.3, -0.25) is 0 Å². The molecule has 12 bridgehead atoms. The summed E-state index contributed by atoms with van der Waals surface area (Å²) >= 11 is 0. The van der Waals surface area contributed by atoms with Gasteiger partial charge in [-0.05, 0) is 12.8 Å². The Morgan fingerprint density at radius 3 is 0.767 bits per heavy atom. The summed E-state index contributed by atoms with van der Waals surface area (Å²) in [6.45, 7) is -4.72. The average Bonchev–Trinajstić information content (AvgIpc) is 3.38. The molecule has 0 amide bonds. The summed E-state index contributed by atoms with van der Waals surface area (Å²) in [6.07, 6.45) is -55.2. The van der Waals surface area contributed by atoms with Gasteiger partial charge < -0.3 is 153 Å². The minimum Gasteiger partial charge on any atom is -0.396 e. The standard InChI is InChI=1S/C42H72O31/c1-2-5-60-35-27(58)41-66-17(11-48)33(35)73-42-28(59)36(61-6-3-4-43)34(18(12-49)67-42)72-40-26(57)22(53)31(15(9-46)65-40)70-38-24(55)20(51)29(13(7-44)63-38)68-37-23(54)19(50)30(14(8-45)62-37)69-39-25(56)21(52)32(71-41)16(10-47)64-39/h13-59H,2-12H2,1H3/t13-,14-,15-,16-,17-,18-,19-,20-,21-,22-,23-,24-,25-,26-,27-,28-,29-,30-,31-,32-,33+,34+,35-,36-,37-,38-,39-,40-,41-,42-/m1/s1. The molecule has 0 aromatic heterocycles. The second-order valence-electron chi connectivity index (χ2n) is 18.6. The first-order valence-corrected chi connectivity index (χ1v) is 24.2. The third kappa shape index (κ3) is 12.5. The van der Waals surface area contributed by atoms with Gasteiger partial charge in [0.05, 0.1) is 39.6 Å². The Balaban J connectivity index is 1.24. The fraction of sp³-hybridized carbons (Fsp3) is 1.00. The molecule has 0 spiro atoms. The Bertz CT molecular complexity index is 1640. The highest BCUT2D eigenvalue weighted by molar-refractivity contribution is 5.01. The number of rotatable bonds is 13. The van der Waals surface area contributed by atoms with Crippen LogP contribution in [0.2, 0.25) is 0 Å². The second-order valence-corrected chi connectivity index (χ2v) is 18.6. The molecule has 22 rings (SSSR count). The molecule has 17 N–H and O–H groups in total. The summed E-state index contributed by atoms with van der Waals surface area (Å²) in [4.78, 5) is 0. The maximum absolute atomic E-state index is 11.9. The first-order valence-electron chi connectivity index (χ1n) is 24.2. The van der Waals surface area contributed by atoms with Gasteiger partial charge in [-0.25, -0.2) is 0 Å². The van der Waals surface area contributed by atoms with Crippen molar-refractivity contribution in [2.45, 2.75) is 204 Å². The molecule has 0 aromatic carbocycles. The molecule has 31 heteroatoms. The van der Waals surface area contributed by atoms with E-state index in [4.69, 9.17) is 66.3 Å². The van der Waals surface area contributed by atoms with Gasteiger partial charge in [-0.1, -0.05) is 6.92 Å². The zero-order valence-corrected chi connectivity index (χ0v) is 39.4. The highest BCUT2D eigenvalue weighted by Crippen LogP contribution is 2.39. The number of hydrogen-bond acceptors (Lipinski definition) is 31. The van der Waals surface area contributed by atoms with E-state index in [0.717, 1.165) is 0 Å². The Morgan fingerprint density at radius 1 is 0.288 bits per heavy atom. The molecule has 22 saturated heterocycles. The predicted molar refractivity (Wildman–Crippen MR) is 225 cm³/mol. The molecule has 0 aliphatic carbocycles. The third-order valence-corrected chi connectivity index (χ3v) is 13.7. The predicted octanol–water partition coefficient (Wildman–Crippen LogP) is -11.2. The van der Waals surface area contributed by atoms with Crippen molar-refractivity contribution >= 4 is 0 Å². The number of aliphatic hydroxyl groups is 17. The van der Waals surface area contributed by atoms with Crippen LogP contribution in [0.25, 0.3) is 0 Å². The largest absolute Gasteiger partial charge is 0.396 e. The fourth-order valence-electron chi connectivity index (χ4n) is 9.82. The first-order chi connectivity index (χ1) is 35.0. The first kappa shape index (κ1) is 59.4. The van der Waals surface area contributed by atoms with Crippen LogP contribution in [-0.2, 0) is 66.3 Å². The quantitative estimate of drug-likeness (QED) is 0.0762. The summed E-state index contributed by atoms with van der Waals surface area (Å²) in [5.41, 5.74) is 0. The lowest BCUT2D eigenvalue weighted by Gasteiger charge is -2.51. The lowest BCUT2D eigenvalue weighted by atomic mass is 9.94. The molecular formula is C42H72O31. The van der Waals surface area contributed by atoms with Gasteiger partial charge in [0.15, 0.2) is 37.7 Å². The Labute approximate surface area is 416 Å². The van der Waals surface area contributed by atoms with E-state index in [1.54, 1.807) is 6.92 Å². The molecule has 0 unspecified atom stereocenters. The minimum absolute atomic E-state index is 0.00304. The van der Waals surface area contributed by atoms with Crippen LogP contribution in [0, 0.1) is 0 Å². The van der Waals surface area contributed by atoms with Gasteiger partial charge in [0.1, 0.15) is 146 Å². The zero-order chi connectivity index (χ0) is 53.0. The molecule has 22 aliphatic heterocycles. The third-order valence-electron chi connectivity index (χ3n) is 13.7. The monoisotopic (exact) mass is 1070 g/mol. The molecule has 0 radical (unpaired) electrons. The zero-order valence-electron chi connectivity index (χ0n) is 39.4. The summed E-state index contributed by atoms with van der Waals surface area (Å²) in [6, 6.07) is 0. The van der Waals surface area contributed by atoms with Gasteiger partial charge in [0.2, 0.25) is 0 Å². The van der Waals surface area contributed by atoms with Crippen molar-refractivity contribution in [1.29, 1.82) is 0 Å². The summed E-state index contributed by atoms with van der Waals surface area (Å²) in [5.74, 6) is 0. The van der Waals surface area contributed by atoms with Crippen molar-refractivity contribution in [1.82, 2.24) is 0 Å². The van der Waals surface area contributed by atoms with Crippen LogP contribution in [-0.4, -0.2) is 331 Å². The molecular weight excluding hydrogens is 1000 g/mol. The summed E-state index contributed by atoms with van der Waals surface area (Å²) in [5, 5.41) is 187. The van der Waals surface area contributed by atoms with Gasteiger partial charge in [-0.15, -0.1) is 0 Å².